The second-order valence-electron chi connectivity index (χ2n) is 4.37. The number of aryl methyl sites for hydroxylation is 1. The quantitative estimate of drug-likeness (QED) is 0.557. The molecule has 0 aliphatic carbocycles. The summed E-state index contributed by atoms with van der Waals surface area (Å²) in [6.07, 6.45) is 4.12. The standard InChI is InChI=1S/C13H10N6O4/c1-8-5-10(18-23-8)17-12-11(19(20)21)13(16-7-15-12)22-9-3-2-4-14-6-9/h2-7H,1H3,(H,15,16,17,18). The van der Waals surface area contributed by atoms with Crippen molar-refractivity contribution in [1.29, 1.82) is 0 Å². The van der Waals surface area contributed by atoms with Gasteiger partial charge >= 0.3 is 11.6 Å². The van der Waals surface area contributed by atoms with Gasteiger partial charge in [-0.05, 0) is 19.1 Å². The van der Waals surface area contributed by atoms with Crippen molar-refractivity contribution in [2.24, 2.45) is 0 Å². The van der Waals surface area contributed by atoms with Crippen molar-refractivity contribution in [1.82, 2.24) is 20.1 Å². The van der Waals surface area contributed by atoms with E-state index in [0.717, 1.165) is 6.33 Å². The molecule has 0 atom stereocenters. The summed E-state index contributed by atoms with van der Waals surface area (Å²) in [5.74, 6) is 0.892. The molecule has 3 aromatic heterocycles. The van der Waals surface area contributed by atoms with E-state index in [0.29, 0.717) is 11.5 Å². The lowest BCUT2D eigenvalue weighted by molar-refractivity contribution is -0.385. The molecular weight excluding hydrogens is 304 g/mol. The number of nitrogens with zero attached hydrogens (tertiary/aromatic N) is 5. The molecule has 0 aromatic carbocycles. The van der Waals surface area contributed by atoms with E-state index in [1.807, 2.05) is 0 Å². The molecule has 3 rings (SSSR count). The molecule has 0 fully saturated rings. The summed E-state index contributed by atoms with van der Waals surface area (Å²) in [7, 11) is 0. The van der Waals surface area contributed by atoms with Crippen LogP contribution in [0.15, 0.2) is 41.4 Å². The Morgan fingerprint density at radius 1 is 1.39 bits per heavy atom. The zero-order valence-electron chi connectivity index (χ0n) is 11.8. The molecule has 0 saturated heterocycles. The lowest BCUT2D eigenvalue weighted by Crippen LogP contribution is -2.03. The van der Waals surface area contributed by atoms with Crippen molar-refractivity contribution in [3.8, 4) is 11.6 Å². The van der Waals surface area contributed by atoms with Crippen molar-refractivity contribution in [3.63, 3.8) is 0 Å². The van der Waals surface area contributed by atoms with E-state index in [4.69, 9.17) is 9.26 Å². The van der Waals surface area contributed by atoms with Gasteiger partial charge in [-0.1, -0.05) is 5.16 Å². The molecular formula is C13H10N6O4. The molecule has 0 saturated carbocycles. The van der Waals surface area contributed by atoms with Crippen LogP contribution in [0.5, 0.6) is 11.6 Å². The summed E-state index contributed by atoms with van der Waals surface area (Å²) in [6.45, 7) is 1.70. The molecule has 0 unspecified atom stereocenters. The fraction of sp³-hybridized carbons (Fsp3) is 0.0769. The minimum atomic E-state index is -0.638. The van der Waals surface area contributed by atoms with Gasteiger partial charge in [0.1, 0.15) is 17.8 Å². The van der Waals surface area contributed by atoms with Gasteiger partial charge in [-0.3, -0.25) is 15.1 Å². The normalized spacial score (nSPS) is 10.3. The first kappa shape index (κ1) is 14.4. The van der Waals surface area contributed by atoms with Gasteiger partial charge in [0, 0.05) is 12.3 Å². The Labute approximate surface area is 129 Å². The minimum Gasteiger partial charge on any atom is -0.432 e. The molecule has 10 nitrogen and oxygen atoms in total. The Balaban J connectivity index is 1.97. The highest BCUT2D eigenvalue weighted by atomic mass is 16.6. The second-order valence-corrected chi connectivity index (χ2v) is 4.37. The molecule has 23 heavy (non-hydrogen) atoms. The predicted octanol–water partition coefficient (Wildman–Crippen LogP) is 2.61. The van der Waals surface area contributed by atoms with Crippen LogP contribution >= 0.6 is 0 Å². The number of aromatic nitrogens is 4. The third kappa shape index (κ3) is 3.20. The average molecular weight is 314 g/mol. The van der Waals surface area contributed by atoms with Crippen LogP contribution in [-0.4, -0.2) is 25.0 Å². The van der Waals surface area contributed by atoms with E-state index >= 15 is 0 Å². The Bertz CT molecular complexity index is 835. The van der Waals surface area contributed by atoms with Crippen molar-refractivity contribution in [2.75, 3.05) is 5.32 Å². The maximum Gasteiger partial charge on any atom is 0.373 e. The van der Waals surface area contributed by atoms with E-state index in [9.17, 15) is 10.1 Å². The first-order valence-electron chi connectivity index (χ1n) is 6.41. The molecule has 0 amide bonds. The SMILES string of the molecule is Cc1cc(Nc2ncnc(Oc3cccnc3)c2[N+](=O)[O-])no1. The van der Waals surface area contributed by atoms with Gasteiger partial charge in [0.15, 0.2) is 5.82 Å². The Morgan fingerprint density at radius 3 is 2.91 bits per heavy atom. The van der Waals surface area contributed by atoms with Crippen molar-refractivity contribution >= 4 is 17.3 Å². The number of pyridine rings is 1. The molecule has 0 spiro atoms. The number of ether oxygens (including phenoxy) is 1. The molecule has 0 radical (unpaired) electrons. The largest absolute Gasteiger partial charge is 0.432 e. The minimum absolute atomic E-state index is 0.0582. The summed E-state index contributed by atoms with van der Waals surface area (Å²) >= 11 is 0. The van der Waals surface area contributed by atoms with E-state index in [1.165, 1.54) is 6.20 Å². The van der Waals surface area contributed by atoms with Crippen LogP contribution in [0.4, 0.5) is 17.3 Å². The number of hydrogen-bond acceptors (Lipinski definition) is 9. The van der Waals surface area contributed by atoms with E-state index in [2.05, 4.69) is 25.4 Å². The fourth-order valence-electron chi connectivity index (χ4n) is 1.76. The van der Waals surface area contributed by atoms with Crippen LogP contribution in [0.1, 0.15) is 5.76 Å². The monoisotopic (exact) mass is 314 g/mol. The topological polar surface area (TPSA) is 129 Å². The third-order valence-electron chi connectivity index (χ3n) is 2.69. The van der Waals surface area contributed by atoms with Gasteiger partial charge in [0.25, 0.3) is 0 Å². The van der Waals surface area contributed by atoms with Crippen LogP contribution in [0.25, 0.3) is 0 Å². The smallest absolute Gasteiger partial charge is 0.373 e. The Morgan fingerprint density at radius 2 is 2.26 bits per heavy atom. The van der Waals surface area contributed by atoms with Crippen LogP contribution in [-0.2, 0) is 0 Å². The van der Waals surface area contributed by atoms with Gasteiger partial charge in [-0.15, -0.1) is 0 Å². The maximum absolute atomic E-state index is 11.4. The van der Waals surface area contributed by atoms with Gasteiger partial charge in [-0.25, -0.2) is 4.98 Å². The van der Waals surface area contributed by atoms with Gasteiger partial charge in [-0.2, -0.15) is 4.98 Å². The summed E-state index contributed by atoms with van der Waals surface area (Å²) in [4.78, 5) is 22.3. The van der Waals surface area contributed by atoms with Gasteiger partial charge < -0.3 is 14.6 Å². The molecule has 3 heterocycles. The van der Waals surface area contributed by atoms with E-state index in [1.54, 1.807) is 31.3 Å². The number of nitro groups is 1. The van der Waals surface area contributed by atoms with Crippen molar-refractivity contribution < 1.29 is 14.2 Å². The highest BCUT2D eigenvalue weighted by molar-refractivity contribution is 5.67. The summed E-state index contributed by atoms with van der Waals surface area (Å²) in [5, 5.41) is 17.8. The summed E-state index contributed by atoms with van der Waals surface area (Å²) in [6, 6.07) is 4.82. The number of anilines is 2. The van der Waals surface area contributed by atoms with Crippen LogP contribution in [0, 0.1) is 17.0 Å². The molecule has 0 bridgehead atoms. The number of nitrogens with one attached hydrogen (secondary N) is 1. The van der Waals surface area contributed by atoms with Gasteiger partial charge in [0.05, 0.1) is 11.1 Å². The highest BCUT2D eigenvalue weighted by Crippen LogP contribution is 2.34. The molecule has 3 aromatic rings. The summed E-state index contributed by atoms with van der Waals surface area (Å²) < 4.78 is 10.3. The maximum atomic E-state index is 11.4. The fourth-order valence-corrected chi connectivity index (χ4v) is 1.76. The zero-order chi connectivity index (χ0) is 16.2. The first-order chi connectivity index (χ1) is 11.1. The van der Waals surface area contributed by atoms with E-state index in [-0.39, 0.29) is 17.5 Å². The van der Waals surface area contributed by atoms with Crippen LogP contribution in [0.2, 0.25) is 0 Å². The third-order valence-corrected chi connectivity index (χ3v) is 2.69. The van der Waals surface area contributed by atoms with E-state index < -0.39 is 10.6 Å². The number of rotatable bonds is 5. The predicted molar refractivity (Wildman–Crippen MR) is 77.5 cm³/mol. The zero-order valence-corrected chi connectivity index (χ0v) is 11.8. The Hall–Kier alpha value is -3.56. The van der Waals surface area contributed by atoms with Crippen LogP contribution in [0.3, 0.4) is 0 Å². The van der Waals surface area contributed by atoms with Crippen LogP contribution < -0.4 is 10.1 Å². The molecule has 116 valence electrons. The summed E-state index contributed by atoms with van der Waals surface area (Å²) in [5.41, 5.74) is -0.419. The average Bonchev–Trinajstić information content (AvgIpc) is 2.93. The van der Waals surface area contributed by atoms with Crippen molar-refractivity contribution in [3.05, 3.63) is 52.8 Å². The molecule has 0 aliphatic heterocycles. The molecule has 10 heteroatoms. The lowest BCUT2D eigenvalue weighted by Gasteiger charge is -2.07. The molecule has 1 N–H and O–H groups in total. The van der Waals surface area contributed by atoms with Gasteiger partial charge in [0.2, 0.25) is 5.82 Å². The second kappa shape index (κ2) is 6.05. The number of hydrogen-bond donors (Lipinski definition) is 1. The lowest BCUT2D eigenvalue weighted by atomic mass is 10.4. The molecule has 0 aliphatic rings. The Kier molecular flexibility index (Phi) is 3.78. The van der Waals surface area contributed by atoms with Crippen molar-refractivity contribution in [2.45, 2.75) is 6.92 Å². The first-order valence-corrected chi connectivity index (χ1v) is 6.41. The highest BCUT2D eigenvalue weighted by Gasteiger charge is 2.25.